The van der Waals surface area contributed by atoms with E-state index in [9.17, 15) is 9.59 Å². The summed E-state index contributed by atoms with van der Waals surface area (Å²) in [7, 11) is 1.43. The molecule has 1 unspecified atom stereocenters. The molecule has 0 fully saturated rings. The van der Waals surface area contributed by atoms with Crippen LogP contribution >= 0.6 is 0 Å². The lowest BCUT2D eigenvalue weighted by molar-refractivity contribution is -0.145. The van der Waals surface area contributed by atoms with Crippen molar-refractivity contribution in [2.45, 2.75) is 71.1 Å². The Hall–Kier alpha value is -1.06. The number of esters is 1. The standard InChI is InChI=1S/C15H28O4/c1-13(15(18)19-2)11-9-7-5-3-4-6-8-10-12-14(16)17/h13H,3-12H2,1-2H3,(H,16,17). The Balaban J connectivity index is 3.19. The molecule has 0 aliphatic rings. The smallest absolute Gasteiger partial charge is 0.308 e. The van der Waals surface area contributed by atoms with Crippen LogP contribution in [-0.2, 0) is 14.3 Å². The average Bonchev–Trinajstić information content (AvgIpc) is 2.39. The summed E-state index contributed by atoms with van der Waals surface area (Å²) in [6.07, 6.45) is 9.99. The molecule has 112 valence electrons. The number of hydrogen-bond donors (Lipinski definition) is 1. The summed E-state index contributed by atoms with van der Waals surface area (Å²) in [4.78, 5) is 21.5. The number of carboxylic acid groups (broad SMARTS) is 1. The van der Waals surface area contributed by atoms with Crippen LogP contribution in [0.15, 0.2) is 0 Å². The number of hydrogen-bond acceptors (Lipinski definition) is 3. The molecule has 0 saturated carbocycles. The Kier molecular flexibility index (Phi) is 11.3. The average molecular weight is 272 g/mol. The van der Waals surface area contributed by atoms with E-state index in [4.69, 9.17) is 5.11 Å². The van der Waals surface area contributed by atoms with Gasteiger partial charge in [-0.1, -0.05) is 51.9 Å². The number of methoxy groups -OCH3 is 1. The van der Waals surface area contributed by atoms with Crippen LogP contribution in [0.5, 0.6) is 0 Å². The van der Waals surface area contributed by atoms with Crippen LogP contribution in [0.2, 0.25) is 0 Å². The Bertz CT molecular complexity index is 251. The van der Waals surface area contributed by atoms with Gasteiger partial charge < -0.3 is 9.84 Å². The maximum absolute atomic E-state index is 11.2. The van der Waals surface area contributed by atoms with E-state index in [1.54, 1.807) is 0 Å². The fourth-order valence-electron chi connectivity index (χ4n) is 2.11. The van der Waals surface area contributed by atoms with Crippen molar-refractivity contribution in [2.75, 3.05) is 7.11 Å². The minimum atomic E-state index is -0.695. The molecule has 0 rings (SSSR count). The quantitative estimate of drug-likeness (QED) is 0.434. The first kappa shape index (κ1) is 17.9. The summed E-state index contributed by atoms with van der Waals surface area (Å²) in [6.45, 7) is 1.91. The molecule has 0 bridgehead atoms. The van der Waals surface area contributed by atoms with Gasteiger partial charge in [-0.25, -0.2) is 0 Å². The minimum Gasteiger partial charge on any atom is -0.481 e. The number of aliphatic carboxylic acids is 1. The maximum atomic E-state index is 11.2. The number of carboxylic acids is 1. The number of ether oxygens (including phenoxy) is 1. The molecular weight excluding hydrogens is 244 g/mol. The largest absolute Gasteiger partial charge is 0.481 e. The number of unbranched alkanes of at least 4 members (excludes halogenated alkanes) is 7. The van der Waals surface area contributed by atoms with Crippen LogP contribution in [0, 0.1) is 5.92 Å². The van der Waals surface area contributed by atoms with Crippen molar-refractivity contribution >= 4 is 11.9 Å². The fourth-order valence-corrected chi connectivity index (χ4v) is 2.11. The summed E-state index contributed by atoms with van der Waals surface area (Å²) in [5.41, 5.74) is 0. The Morgan fingerprint density at radius 1 is 0.947 bits per heavy atom. The van der Waals surface area contributed by atoms with Crippen LogP contribution < -0.4 is 0 Å². The molecule has 0 aromatic heterocycles. The SMILES string of the molecule is COC(=O)C(C)CCCCCCCCCCC(=O)O. The molecule has 19 heavy (non-hydrogen) atoms. The van der Waals surface area contributed by atoms with Crippen LogP contribution in [-0.4, -0.2) is 24.2 Å². The van der Waals surface area contributed by atoms with Crippen molar-refractivity contribution in [3.8, 4) is 0 Å². The summed E-state index contributed by atoms with van der Waals surface area (Å²) in [5.74, 6) is -0.792. The monoisotopic (exact) mass is 272 g/mol. The van der Waals surface area contributed by atoms with Crippen molar-refractivity contribution in [1.82, 2.24) is 0 Å². The van der Waals surface area contributed by atoms with Gasteiger partial charge in [0.15, 0.2) is 0 Å². The number of carbonyl (C=O) groups is 2. The molecule has 1 atom stereocenters. The van der Waals surface area contributed by atoms with E-state index < -0.39 is 5.97 Å². The van der Waals surface area contributed by atoms with E-state index in [-0.39, 0.29) is 11.9 Å². The molecule has 0 amide bonds. The summed E-state index contributed by atoms with van der Waals surface area (Å²) in [6, 6.07) is 0. The second kappa shape index (κ2) is 12.0. The molecule has 4 heteroatoms. The summed E-state index contributed by atoms with van der Waals surface area (Å²) < 4.78 is 4.68. The van der Waals surface area contributed by atoms with Crippen LogP contribution in [0.4, 0.5) is 0 Å². The van der Waals surface area contributed by atoms with Crippen molar-refractivity contribution < 1.29 is 19.4 Å². The Morgan fingerprint density at radius 3 is 1.89 bits per heavy atom. The van der Waals surface area contributed by atoms with Gasteiger partial charge in [-0.05, 0) is 12.8 Å². The van der Waals surface area contributed by atoms with Gasteiger partial charge in [0, 0.05) is 6.42 Å². The van der Waals surface area contributed by atoms with E-state index in [2.05, 4.69) is 4.74 Å². The molecule has 0 spiro atoms. The highest BCUT2D eigenvalue weighted by molar-refractivity contribution is 5.71. The van der Waals surface area contributed by atoms with Gasteiger partial charge in [-0.2, -0.15) is 0 Å². The summed E-state index contributed by atoms with van der Waals surface area (Å²) in [5, 5.41) is 8.48. The number of carbonyl (C=O) groups excluding carboxylic acids is 1. The van der Waals surface area contributed by atoms with Crippen LogP contribution in [0.1, 0.15) is 71.1 Å². The lowest BCUT2D eigenvalue weighted by atomic mass is 10.0. The predicted molar refractivity (Wildman–Crippen MR) is 75.0 cm³/mol. The van der Waals surface area contributed by atoms with Crippen molar-refractivity contribution in [3.05, 3.63) is 0 Å². The van der Waals surface area contributed by atoms with Gasteiger partial charge in [0.1, 0.15) is 0 Å². The third-order valence-electron chi connectivity index (χ3n) is 3.38. The third kappa shape index (κ3) is 11.7. The van der Waals surface area contributed by atoms with E-state index in [0.717, 1.165) is 38.5 Å². The van der Waals surface area contributed by atoms with E-state index >= 15 is 0 Å². The van der Waals surface area contributed by atoms with E-state index in [1.807, 2.05) is 6.92 Å². The number of rotatable bonds is 12. The zero-order chi connectivity index (χ0) is 14.5. The topological polar surface area (TPSA) is 63.6 Å². The molecule has 0 aromatic rings. The molecule has 4 nitrogen and oxygen atoms in total. The van der Waals surface area contributed by atoms with E-state index in [1.165, 1.54) is 26.4 Å². The van der Waals surface area contributed by atoms with Gasteiger partial charge in [0.2, 0.25) is 0 Å². The predicted octanol–water partition coefficient (Wildman–Crippen LogP) is 3.78. The zero-order valence-corrected chi connectivity index (χ0v) is 12.3. The molecule has 0 aliphatic heterocycles. The van der Waals surface area contributed by atoms with Gasteiger partial charge in [-0.3, -0.25) is 9.59 Å². The third-order valence-corrected chi connectivity index (χ3v) is 3.38. The molecule has 0 heterocycles. The highest BCUT2D eigenvalue weighted by Crippen LogP contribution is 2.14. The molecule has 0 aromatic carbocycles. The van der Waals surface area contributed by atoms with Gasteiger partial charge in [0.25, 0.3) is 0 Å². The molecular formula is C15H28O4. The lowest BCUT2D eigenvalue weighted by Gasteiger charge is -2.08. The first-order chi connectivity index (χ1) is 9.07. The van der Waals surface area contributed by atoms with Gasteiger partial charge in [-0.15, -0.1) is 0 Å². The van der Waals surface area contributed by atoms with E-state index in [0.29, 0.717) is 6.42 Å². The van der Waals surface area contributed by atoms with Crippen LogP contribution in [0.3, 0.4) is 0 Å². The maximum Gasteiger partial charge on any atom is 0.308 e. The van der Waals surface area contributed by atoms with Crippen molar-refractivity contribution in [1.29, 1.82) is 0 Å². The molecule has 1 N–H and O–H groups in total. The highest BCUT2D eigenvalue weighted by Gasteiger charge is 2.11. The van der Waals surface area contributed by atoms with Crippen molar-refractivity contribution in [2.24, 2.45) is 5.92 Å². The lowest BCUT2D eigenvalue weighted by Crippen LogP contribution is -2.12. The highest BCUT2D eigenvalue weighted by atomic mass is 16.5. The second-order valence-electron chi connectivity index (χ2n) is 5.19. The fraction of sp³-hybridized carbons (Fsp3) is 0.867. The minimum absolute atomic E-state index is 0.0148. The summed E-state index contributed by atoms with van der Waals surface area (Å²) >= 11 is 0. The first-order valence-corrected chi connectivity index (χ1v) is 7.37. The zero-order valence-electron chi connectivity index (χ0n) is 12.3. The second-order valence-corrected chi connectivity index (χ2v) is 5.19. The Morgan fingerprint density at radius 2 is 1.42 bits per heavy atom. The van der Waals surface area contributed by atoms with Gasteiger partial charge in [0.05, 0.1) is 13.0 Å². The first-order valence-electron chi connectivity index (χ1n) is 7.37. The molecule has 0 radical (unpaired) electrons. The molecule has 0 aliphatic carbocycles. The van der Waals surface area contributed by atoms with Crippen molar-refractivity contribution in [3.63, 3.8) is 0 Å². The Labute approximate surface area is 116 Å². The van der Waals surface area contributed by atoms with Crippen LogP contribution in [0.25, 0.3) is 0 Å². The van der Waals surface area contributed by atoms with Gasteiger partial charge >= 0.3 is 11.9 Å². The normalized spacial score (nSPS) is 12.1. The molecule has 0 saturated heterocycles.